The Hall–Kier alpha value is -1.73. The lowest BCUT2D eigenvalue weighted by atomic mass is 10.3. The largest absolute Gasteiger partial charge is 0.495 e. The number of hydrogen-bond donors (Lipinski definition) is 1. The second-order valence-corrected chi connectivity index (χ2v) is 7.70. The molecule has 1 atom stereocenters. The lowest BCUT2D eigenvalue weighted by Crippen LogP contribution is -2.23. The Bertz CT molecular complexity index is 776. The number of anilines is 1. The Morgan fingerprint density at radius 3 is 2.88 bits per heavy atom. The first-order valence-corrected chi connectivity index (χ1v) is 9.53. The molecule has 3 rings (SSSR count). The maximum Gasteiger partial charge on any atom is 0.237 e. The summed E-state index contributed by atoms with van der Waals surface area (Å²) in [6, 6.07) is 5.12. The average Bonchev–Trinajstić information content (AvgIpc) is 3.36. The van der Waals surface area contributed by atoms with Gasteiger partial charge in [0.25, 0.3) is 0 Å². The molecule has 0 unspecified atom stereocenters. The van der Waals surface area contributed by atoms with Crippen molar-refractivity contribution in [2.45, 2.75) is 49.6 Å². The third-order valence-electron chi connectivity index (χ3n) is 4.07. The van der Waals surface area contributed by atoms with Gasteiger partial charge >= 0.3 is 0 Å². The molecule has 6 nitrogen and oxygen atoms in total. The van der Waals surface area contributed by atoms with Crippen LogP contribution in [0.5, 0.6) is 5.75 Å². The van der Waals surface area contributed by atoms with Gasteiger partial charge in [-0.1, -0.05) is 23.4 Å². The average molecular weight is 381 g/mol. The molecular weight excluding hydrogens is 360 g/mol. The number of aromatic nitrogens is 3. The fraction of sp³-hybridized carbons (Fsp3) is 0.471. The maximum absolute atomic E-state index is 12.6. The summed E-state index contributed by atoms with van der Waals surface area (Å²) in [5.41, 5.74) is 0.558. The van der Waals surface area contributed by atoms with Crippen molar-refractivity contribution in [3.05, 3.63) is 29.0 Å². The highest BCUT2D eigenvalue weighted by Gasteiger charge is 2.30. The van der Waals surface area contributed by atoms with Crippen LogP contribution in [0.4, 0.5) is 5.69 Å². The van der Waals surface area contributed by atoms with Crippen molar-refractivity contribution in [1.82, 2.24) is 14.8 Å². The van der Waals surface area contributed by atoms with Crippen molar-refractivity contribution in [3.63, 3.8) is 0 Å². The van der Waals surface area contributed by atoms with E-state index in [0.29, 0.717) is 22.4 Å². The molecular formula is C17H21ClN4O2S. The van der Waals surface area contributed by atoms with Gasteiger partial charge in [0.05, 0.1) is 18.0 Å². The first-order valence-electron chi connectivity index (χ1n) is 8.27. The van der Waals surface area contributed by atoms with Gasteiger partial charge in [-0.3, -0.25) is 4.79 Å². The summed E-state index contributed by atoms with van der Waals surface area (Å²) in [6.07, 6.45) is 2.35. The van der Waals surface area contributed by atoms with E-state index in [1.54, 1.807) is 25.3 Å². The summed E-state index contributed by atoms with van der Waals surface area (Å²) < 4.78 is 7.37. The van der Waals surface area contributed by atoms with Crippen molar-refractivity contribution in [2.75, 3.05) is 12.4 Å². The van der Waals surface area contributed by atoms with E-state index in [4.69, 9.17) is 16.3 Å². The van der Waals surface area contributed by atoms with E-state index in [1.165, 1.54) is 24.6 Å². The minimum Gasteiger partial charge on any atom is -0.495 e. The summed E-state index contributed by atoms with van der Waals surface area (Å²) in [4.78, 5) is 12.6. The summed E-state index contributed by atoms with van der Waals surface area (Å²) in [7, 11) is 1.56. The Labute approximate surface area is 156 Å². The molecule has 2 aromatic rings. The lowest BCUT2D eigenvalue weighted by Gasteiger charge is -2.14. The number of amides is 1. The van der Waals surface area contributed by atoms with Crippen molar-refractivity contribution >= 4 is 35.0 Å². The normalized spacial score (nSPS) is 15.0. The van der Waals surface area contributed by atoms with Crippen LogP contribution >= 0.6 is 23.4 Å². The van der Waals surface area contributed by atoms with Crippen LogP contribution in [0.25, 0.3) is 0 Å². The number of methoxy groups -OCH3 is 1. The number of nitrogens with zero attached hydrogens (tertiary/aromatic N) is 3. The standard InChI is InChI=1S/C17H21ClN4O2S/c1-4-22-15(11-5-6-11)20-21-17(22)25-10(2)16(23)19-13-9-12(18)7-8-14(13)24-3/h7-11H,4-6H2,1-3H3,(H,19,23)/t10-/m1/s1. The van der Waals surface area contributed by atoms with Gasteiger partial charge in [-0.15, -0.1) is 10.2 Å². The van der Waals surface area contributed by atoms with Crippen LogP contribution in [0.2, 0.25) is 5.02 Å². The smallest absolute Gasteiger partial charge is 0.237 e. The minimum atomic E-state index is -0.328. The number of thioether (sulfide) groups is 1. The van der Waals surface area contributed by atoms with E-state index < -0.39 is 0 Å². The molecule has 1 amide bonds. The molecule has 134 valence electrons. The van der Waals surface area contributed by atoms with Gasteiger partial charge in [0.15, 0.2) is 5.16 Å². The second kappa shape index (κ2) is 7.66. The molecule has 0 spiro atoms. The van der Waals surface area contributed by atoms with Crippen LogP contribution in [0.15, 0.2) is 23.4 Å². The topological polar surface area (TPSA) is 69.0 Å². The summed E-state index contributed by atoms with van der Waals surface area (Å²) in [5.74, 6) is 2.00. The van der Waals surface area contributed by atoms with Crippen LogP contribution in [-0.2, 0) is 11.3 Å². The molecule has 1 fully saturated rings. The maximum atomic E-state index is 12.6. The predicted octanol–water partition coefficient (Wildman–Crippen LogP) is 3.96. The number of benzene rings is 1. The summed E-state index contributed by atoms with van der Waals surface area (Å²) >= 11 is 7.42. The van der Waals surface area contributed by atoms with Crippen LogP contribution in [0, 0.1) is 0 Å². The number of hydrogen-bond acceptors (Lipinski definition) is 5. The van der Waals surface area contributed by atoms with Gasteiger partial charge in [-0.05, 0) is 44.9 Å². The fourth-order valence-electron chi connectivity index (χ4n) is 2.55. The Kier molecular flexibility index (Phi) is 5.54. The van der Waals surface area contributed by atoms with Gasteiger partial charge in [0, 0.05) is 17.5 Å². The summed E-state index contributed by atoms with van der Waals surface area (Å²) in [6.45, 7) is 4.72. The molecule has 1 aromatic carbocycles. The number of nitrogens with one attached hydrogen (secondary N) is 1. The predicted molar refractivity (Wildman–Crippen MR) is 99.6 cm³/mol. The van der Waals surface area contributed by atoms with Crippen LogP contribution in [0.1, 0.15) is 38.4 Å². The monoisotopic (exact) mass is 380 g/mol. The first kappa shape index (κ1) is 18.1. The quantitative estimate of drug-likeness (QED) is 0.736. The third kappa shape index (κ3) is 4.10. The number of carbonyl (C=O) groups is 1. The fourth-order valence-corrected chi connectivity index (χ4v) is 3.64. The molecule has 0 bridgehead atoms. The Balaban J connectivity index is 1.70. The van der Waals surface area contributed by atoms with Crippen molar-refractivity contribution < 1.29 is 9.53 Å². The zero-order valence-corrected chi connectivity index (χ0v) is 16.0. The first-order chi connectivity index (χ1) is 12.0. The van der Waals surface area contributed by atoms with E-state index in [2.05, 4.69) is 27.0 Å². The summed E-state index contributed by atoms with van der Waals surface area (Å²) in [5, 5.41) is 12.5. The van der Waals surface area contributed by atoms with Gasteiger partial charge in [0.1, 0.15) is 11.6 Å². The van der Waals surface area contributed by atoms with Crippen LogP contribution in [-0.4, -0.2) is 33.0 Å². The Morgan fingerprint density at radius 2 is 2.24 bits per heavy atom. The van der Waals surface area contributed by atoms with Crippen LogP contribution < -0.4 is 10.1 Å². The lowest BCUT2D eigenvalue weighted by molar-refractivity contribution is -0.115. The Morgan fingerprint density at radius 1 is 1.48 bits per heavy atom. The van der Waals surface area contributed by atoms with Gasteiger partial charge in [0.2, 0.25) is 5.91 Å². The molecule has 25 heavy (non-hydrogen) atoms. The van der Waals surface area contributed by atoms with E-state index in [-0.39, 0.29) is 11.2 Å². The zero-order chi connectivity index (χ0) is 18.0. The van der Waals surface area contributed by atoms with Gasteiger partial charge < -0.3 is 14.6 Å². The minimum absolute atomic E-state index is 0.135. The highest BCUT2D eigenvalue weighted by molar-refractivity contribution is 8.00. The van der Waals surface area contributed by atoms with Crippen molar-refractivity contribution in [1.29, 1.82) is 0 Å². The third-order valence-corrected chi connectivity index (χ3v) is 5.39. The second-order valence-electron chi connectivity index (χ2n) is 5.95. The number of halogens is 1. The highest BCUT2D eigenvalue weighted by Crippen LogP contribution is 2.40. The molecule has 8 heteroatoms. The molecule has 1 heterocycles. The van der Waals surface area contributed by atoms with Crippen LogP contribution in [0.3, 0.4) is 0 Å². The van der Waals surface area contributed by atoms with Gasteiger partial charge in [-0.25, -0.2) is 0 Å². The molecule has 0 saturated heterocycles. The molecule has 0 radical (unpaired) electrons. The molecule has 1 aliphatic carbocycles. The van der Waals surface area contributed by atoms with Crippen molar-refractivity contribution in [2.24, 2.45) is 0 Å². The number of rotatable bonds is 7. The van der Waals surface area contributed by atoms with E-state index >= 15 is 0 Å². The number of ether oxygens (including phenoxy) is 1. The SMILES string of the molecule is CCn1c(S[C@H](C)C(=O)Nc2cc(Cl)ccc2OC)nnc1C1CC1. The van der Waals surface area contributed by atoms with E-state index in [9.17, 15) is 4.79 Å². The van der Waals surface area contributed by atoms with Gasteiger partial charge in [-0.2, -0.15) is 0 Å². The number of carbonyl (C=O) groups excluding carboxylic acids is 1. The van der Waals surface area contributed by atoms with E-state index in [1.807, 2.05) is 6.92 Å². The zero-order valence-electron chi connectivity index (χ0n) is 14.5. The van der Waals surface area contributed by atoms with Crippen molar-refractivity contribution in [3.8, 4) is 5.75 Å². The highest BCUT2D eigenvalue weighted by atomic mass is 35.5. The molecule has 1 N–H and O–H groups in total. The molecule has 1 aromatic heterocycles. The van der Waals surface area contributed by atoms with E-state index in [0.717, 1.165) is 17.5 Å². The molecule has 1 aliphatic rings. The molecule has 1 saturated carbocycles. The molecule has 0 aliphatic heterocycles.